The van der Waals surface area contributed by atoms with Crippen LogP contribution < -0.4 is 20.4 Å². The molecule has 0 spiro atoms. The van der Waals surface area contributed by atoms with Crippen molar-refractivity contribution in [2.24, 2.45) is 0 Å². The van der Waals surface area contributed by atoms with Gasteiger partial charge < -0.3 is 4.74 Å². The van der Waals surface area contributed by atoms with Crippen LogP contribution in [0.25, 0.3) is 28.0 Å². The van der Waals surface area contributed by atoms with Crippen LogP contribution in [0.2, 0.25) is 0 Å². The van der Waals surface area contributed by atoms with E-state index in [4.69, 9.17) is 9.84 Å². The molecule has 1 aliphatic rings. The summed E-state index contributed by atoms with van der Waals surface area (Å²) in [5.74, 6) is 0.896. The lowest BCUT2D eigenvalue weighted by Gasteiger charge is -2.04. The topological polar surface area (TPSA) is 91.4 Å². The highest BCUT2D eigenvalue weighted by Gasteiger charge is 2.21. The highest BCUT2D eigenvalue weighted by atomic mass is 32.1. The number of benzene rings is 2. The van der Waals surface area contributed by atoms with E-state index in [0.717, 1.165) is 51.6 Å². The zero-order chi connectivity index (χ0) is 23.4. The second kappa shape index (κ2) is 7.74. The fraction of sp³-hybridized carbons (Fsp3) is 0.160. The number of hydrogen-bond donors (Lipinski definition) is 0. The maximum Gasteiger partial charge on any atom is 0.295 e. The monoisotopic (exact) mass is 469 g/mol. The highest BCUT2D eigenvalue weighted by Crippen LogP contribution is 2.34. The van der Waals surface area contributed by atoms with Gasteiger partial charge in [0, 0.05) is 23.7 Å². The Labute approximate surface area is 197 Å². The Bertz CT molecular complexity index is 1740. The van der Waals surface area contributed by atoms with Crippen molar-refractivity contribution in [3.63, 3.8) is 0 Å². The van der Waals surface area contributed by atoms with E-state index < -0.39 is 5.56 Å². The van der Waals surface area contributed by atoms with E-state index in [-0.39, 0.29) is 22.3 Å². The van der Waals surface area contributed by atoms with Crippen LogP contribution in [0.1, 0.15) is 23.7 Å². The maximum absolute atomic E-state index is 13.0. The molecule has 34 heavy (non-hydrogen) atoms. The van der Waals surface area contributed by atoms with Crippen LogP contribution in [-0.4, -0.2) is 30.5 Å². The van der Waals surface area contributed by atoms with Crippen LogP contribution in [0.5, 0.6) is 5.75 Å². The van der Waals surface area contributed by atoms with E-state index >= 15 is 0 Å². The van der Waals surface area contributed by atoms with Crippen molar-refractivity contribution < 1.29 is 4.74 Å². The quantitative estimate of drug-likeness (QED) is 0.403. The van der Waals surface area contributed by atoms with Crippen molar-refractivity contribution in [1.29, 1.82) is 0 Å². The number of ether oxygens (including phenoxy) is 1. The summed E-state index contributed by atoms with van der Waals surface area (Å²) in [7, 11) is 0. The number of aryl methyl sites for hydroxylation is 1. The van der Waals surface area contributed by atoms with Crippen molar-refractivity contribution in [2.45, 2.75) is 26.4 Å². The number of fused-ring (bicyclic) bond motifs is 2. The first-order valence-electron chi connectivity index (χ1n) is 10.8. The van der Waals surface area contributed by atoms with Crippen molar-refractivity contribution in [1.82, 2.24) is 24.4 Å². The standard InChI is InChI=1S/C25H19N5O3S/c1-14-10-17-11-16(8-9-20(17)33-14)22-18(13-29(28-22)19-6-4-3-5-7-19)12-21-24(32)30-25(34-21)26-23(31)15(2)27-30/h3-9,11-14H,10H2,1-2H3. The molecular weight excluding hydrogens is 450 g/mol. The zero-order valence-corrected chi connectivity index (χ0v) is 19.2. The number of rotatable bonds is 3. The van der Waals surface area contributed by atoms with E-state index in [9.17, 15) is 9.59 Å². The molecule has 0 aliphatic carbocycles. The molecule has 0 saturated carbocycles. The molecule has 168 valence electrons. The first kappa shape index (κ1) is 20.5. The molecule has 0 radical (unpaired) electrons. The van der Waals surface area contributed by atoms with Gasteiger partial charge in [-0.05, 0) is 55.8 Å². The average Bonchev–Trinajstić information content (AvgIpc) is 3.50. The molecule has 3 aromatic heterocycles. The van der Waals surface area contributed by atoms with E-state index in [2.05, 4.69) is 23.1 Å². The molecule has 1 unspecified atom stereocenters. The first-order chi connectivity index (χ1) is 16.5. The lowest BCUT2D eigenvalue weighted by atomic mass is 10.0. The number of thiazole rings is 1. The van der Waals surface area contributed by atoms with Crippen molar-refractivity contribution >= 4 is 22.4 Å². The molecular formula is C25H19N5O3S. The normalized spacial score (nSPS) is 15.6. The van der Waals surface area contributed by atoms with Crippen LogP contribution in [0.4, 0.5) is 0 Å². The molecule has 1 atom stereocenters. The van der Waals surface area contributed by atoms with Gasteiger partial charge in [0.2, 0.25) is 4.96 Å². The number of hydrogen-bond acceptors (Lipinski definition) is 7. The lowest BCUT2D eigenvalue weighted by molar-refractivity contribution is 0.254. The molecule has 2 aromatic carbocycles. The second-order valence-electron chi connectivity index (χ2n) is 8.28. The number of para-hydroxylation sites is 1. The molecule has 0 amide bonds. The minimum Gasteiger partial charge on any atom is -0.490 e. The Kier molecular flexibility index (Phi) is 4.66. The fourth-order valence-electron chi connectivity index (χ4n) is 4.13. The Hall–Kier alpha value is -4.11. The molecule has 5 aromatic rings. The summed E-state index contributed by atoms with van der Waals surface area (Å²) in [6, 6.07) is 15.9. The van der Waals surface area contributed by atoms with Gasteiger partial charge in [-0.3, -0.25) is 9.59 Å². The average molecular weight is 470 g/mol. The van der Waals surface area contributed by atoms with Gasteiger partial charge >= 0.3 is 0 Å². The largest absolute Gasteiger partial charge is 0.490 e. The Morgan fingerprint density at radius 1 is 1.12 bits per heavy atom. The molecule has 0 fully saturated rings. The number of aromatic nitrogens is 5. The fourth-order valence-corrected chi connectivity index (χ4v) is 5.02. The van der Waals surface area contributed by atoms with Gasteiger partial charge in [0.05, 0.1) is 10.2 Å². The predicted octanol–water partition coefficient (Wildman–Crippen LogP) is 2.54. The van der Waals surface area contributed by atoms with Gasteiger partial charge in [-0.15, -0.1) is 0 Å². The highest BCUT2D eigenvalue weighted by molar-refractivity contribution is 7.15. The smallest absolute Gasteiger partial charge is 0.295 e. The zero-order valence-electron chi connectivity index (χ0n) is 18.4. The third-order valence-corrected chi connectivity index (χ3v) is 6.72. The summed E-state index contributed by atoms with van der Waals surface area (Å²) in [6.45, 7) is 3.59. The summed E-state index contributed by atoms with van der Waals surface area (Å²) >= 11 is 1.14. The SMILES string of the molecule is Cc1nn2c(=O)c(=Cc3cn(-c4ccccc4)nc3-c3ccc4c(c3)CC(C)O4)sc2nc1=O. The summed E-state index contributed by atoms with van der Waals surface area (Å²) in [5, 5.41) is 8.96. The van der Waals surface area contributed by atoms with E-state index in [1.54, 1.807) is 17.7 Å². The minimum absolute atomic E-state index is 0.145. The van der Waals surface area contributed by atoms with Gasteiger partial charge in [-0.1, -0.05) is 29.5 Å². The first-order valence-corrected chi connectivity index (χ1v) is 11.7. The van der Waals surface area contributed by atoms with Crippen molar-refractivity contribution in [3.8, 4) is 22.7 Å². The third-order valence-electron chi connectivity index (χ3n) is 5.76. The van der Waals surface area contributed by atoms with E-state index in [0.29, 0.717) is 4.53 Å². The van der Waals surface area contributed by atoms with Crippen LogP contribution >= 0.6 is 11.3 Å². The second-order valence-corrected chi connectivity index (χ2v) is 9.29. The van der Waals surface area contributed by atoms with Crippen LogP contribution in [0, 0.1) is 6.92 Å². The molecule has 0 saturated heterocycles. The van der Waals surface area contributed by atoms with Crippen LogP contribution in [0.15, 0.2) is 64.3 Å². The van der Waals surface area contributed by atoms with Crippen LogP contribution in [0.3, 0.4) is 0 Å². The van der Waals surface area contributed by atoms with E-state index in [1.807, 2.05) is 48.7 Å². The third kappa shape index (κ3) is 3.41. The van der Waals surface area contributed by atoms with Gasteiger partial charge in [0.25, 0.3) is 11.1 Å². The molecule has 1 aliphatic heterocycles. The maximum atomic E-state index is 13.0. The van der Waals surface area contributed by atoms with Gasteiger partial charge in [0.15, 0.2) is 0 Å². The molecule has 6 rings (SSSR count). The molecule has 0 N–H and O–H groups in total. The molecule has 8 nitrogen and oxygen atoms in total. The summed E-state index contributed by atoms with van der Waals surface area (Å²) in [6.07, 6.45) is 4.67. The Balaban J connectivity index is 1.56. The summed E-state index contributed by atoms with van der Waals surface area (Å²) < 4.78 is 9.26. The van der Waals surface area contributed by atoms with Crippen molar-refractivity contribution in [3.05, 3.63) is 96.8 Å². The minimum atomic E-state index is -0.431. The molecule has 4 heterocycles. The lowest BCUT2D eigenvalue weighted by Crippen LogP contribution is -2.27. The van der Waals surface area contributed by atoms with Crippen LogP contribution in [-0.2, 0) is 6.42 Å². The molecule has 9 heteroatoms. The van der Waals surface area contributed by atoms with Gasteiger partial charge in [-0.2, -0.15) is 19.7 Å². The Morgan fingerprint density at radius 3 is 2.76 bits per heavy atom. The molecule has 0 bridgehead atoms. The predicted molar refractivity (Wildman–Crippen MR) is 130 cm³/mol. The van der Waals surface area contributed by atoms with E-state index in [1.165, 1.54) is 4.52 Å². The number of nitrogens with zero attached hydrogens (tertiary/aromatic N) is 5. The summed E-state index contributed by atoms with van der Waals surface area (Å²) in [4.78, 5) is 29.2. The van der Waals surface area contributed by atoms with Crippen molar-refractivity contribution in [2.75, 3.05) is 0 Å². The Morgan fingerprint density at radius 2 is 1.94 bits per heavy atom. The van der Waals surface area contributed by atoms with Gasteiger partial charge in [-0.25, -0.2) is 4.68 Å². The van der Waals surface area contributed by atoms with Gasteiger partial charge in [0.1, 0.15) is 23.2 Å². The summed E-state index contributed by atoms with van der Waals surface area (Å²) in [5.41, 5.74) is 3.95.